The Kier molecular flexibility index (Phi) is 4.46. The standard InChI is InChI=1S/C18H23ClN6/c1-10(12-6-7-12)20-17-23-16(14-4-3-5-15(19)22-14)24-18(25-17)21-11(2)13-8-9-13/h3-5,10-13H,6-9H2,1-2H3,(H2,20,21,23,24,25). The van der Waals surface area contributed by atoms with Crippen molar-refractivity contribution in [2.24, 2.45) is 11.8 Å². The zero-order valence-corrected chi connectivity index (χ0v) is 15.3. The van der Waals surface area contributed by atoms with E-state index in [2.05, 4.69) is 44.4 Å². The zero-order valence-electron chi connectivity index (χ0n) is 14.5. The average Bonchev–Trinajstić information content (AvgIpc) is 3.48. The molecule has 6 nitrogen and oxygen atoms in total. The van der Waals surface area contributed by atoms with E-state index in [1.54, 1.807) is 6.07 Å². The average molecular weight is 359 g/mol. The van der Waals surface area contributed by atoms with Gasteiger partial charge in [-0.2, -0.15) is 15.0 Å². The van der Waals surface area contributed by atoms with Crippen molar-refractivity contribution in [3.8, 4) is 11.5 Å². The van der Waals surface area contributed by atoms with Crippen molar-refractivity contribution in [2.75, 3.05) is 10.6 Å². The third kappa shape index (κ3) is 4.18. The fourth-order valence-electron chi connectivity index (χ4n) is 2.99. The van der Waals surface area contributed by atoms with Gasteiger partial charge in [-0.1, -0.05) is 17.7 Å². The van der Waals surface area contributed by atoms with Gasteiger partial charge < -0.3 is 10.6 Å². The van der Waals surface area contributed by atoms with Crippen molar-refractivity contribution >= 4 is 23.5 Å². The first-order valence-corrected chi connectivity index (χ1v) is 9.38. The minimum absolute atomic E-state index is 0.358. The molecule has 2 unspecified atom stereocenters. The Hall–Kier alpha value is -1.95. The fourth-order valence-corrected chi connectivity index (χ4v) is 3.15. The van der Waals surface area contributed by atoms with Gasteiger partial charge in [-0.3, -0.25) is 0 Å². The second-order valence-electron chi connectivity index (χ2n) is 7.19. The van der Waals surface area contributed by atoms with Crippen molar-refractivity contribution in [1.82, 2.24) is 19.9 Å². The summed E-state index contributed by atoms with van der Waals surface area (Å²) in [6, 6.07) is 6.18. The maximum atomic E-state index is 6.03. The van der Waals surface area contributed by atoms with E-state index in [4.69, 9.17) is 11.6 Å². The van der Waals surface area contributed by atoms with Crippen LogP contribution in [0.4, 0.5) is 11.9 Å². The number of nitrogens with one attached hydrogen (secondary N) is 2. The maximum absolute atomic E-state index is 6.03. The van der Waals surface area contributed by atoms with E-state index in [1.807, 2.05) is 12.1 Å². The third-order valence-corrected chi connectivity index (χ3v) is 5.16. The van der Waals surface area contributed by atoms with Gasteiger partial charge >= 0.3 is 0 Å². The first-order chi connectivity index (χ1) is 12.1. The molecule has 4 rings (SSSR count). The van der Waals surface area contributed by atoms with Crippen LogP contribution in [-0.4, -0.2) is 32.0 Å². The van der Waals surface area contributed by atoms with Crippen molar-refractivity contribution in [3.05, 3.63) is 23.4 Å². The predicted molar refractivity (Wildman–Crippen MR) is 99.7 cm³/mol. The molecule has 2 saturated carbocycles. The summed E-state index contributed by atoms with van der Waals surface area (Å²) >= 11 is 6.03. The topological polar surface area (TPSA) is 75.6 Å². The van der Waals surface area contributed by atoms with E-state index >= 15 is 0 Å². The highest BCUT2D eigenvalue weighted by molar-refractivity contribution is 6.29. The number of halogens is 1. The molecule has 2 N–H and O–H groups in total. The second kappa shape index (κ2) is 6.75. The van der Waals surface area contributed by atoms with Gasteiger partial charge in [0.1, 0.15) is 10.8 Å². The molecule has 2 atom stereocenters. The normalized spacial score (nSPS) is 19.3. The molecule has 0 aliphatic heterocycles. The summed E-state index contributed by atoms with van der Waals surface area (Å²) in [5.74, 6) is 3.15. The molecule has 25 heavy (non-hydrogen) atoms. The molecular weight excluding hydrogens is 336 g/mol. The van der Waals surface area contributed by atoms with Crippen LogP contribution in [0.1, 0.15) is 39.5 Å². The van der Waals surface area contributed by atoms with Crippen molar-refractivity contribution < 1.29 is 0 Å². The van der Waals surface area contributed by atoms with Gasteiger partial charge in [0.25, 0.3) is 0 Å². The van der Waals surface area contributed by atoms with Crippen LogP contribution in [0.3, 0.4) is 0 Å². The van der Waals surface area contributed by atoms with Gasteiger partial charge in [-0.15, -0.1) is 0 Å². The highest BCUT2D eigenvalue weighted by Crippen LogP contribution is 2.35. The lowest BCUT2D eigenvalue weighted by Crippen LogP contribution is -2.23. The van der Waals surface area contributed by atoms with Gasteiger partial charge in [-0.25, -0.2) is 4.98 Å². The molecule has 2 heterocycles. The fraction of sp³-hybridized carbons (Fsp3) is 0.556. The van der Waals surface area contributed by atoms with E-state index < -0.39 is 0 Å². The largest absolute Gasteiger partial charge is 0.351 e. The molecule has 0 aromatic carbocycles. The highest BCUT2D eigenvalue weighted by atomic mass is 35.5. The van der Waals surface area contributed by atoms with Crippen LogP contribution in [0.5, 0.6) is 0 Å². The molecule has 132 valence electrons. The van der Waals surface area contributed by atoms with Crippen LogP contribution >= 0.6 is 11.6 Å². The van der Waals surface area contributed by atoms with Gasteiger partial charge in [0.2, 0.25) is 11.9 Å². The molecule has 0 saturated heterocycles. The molecule has 0 amide bonds. The van der Waals surface area contributed by atoms with Crippen LogP contribution in [0.15, 0.2) is 18.2 Å². The number of anilines is 2. The van der Waals surface area contributed by atoms with Crippen LogP contribution in [0, 0.1) is 11.8 Å². The minimum atomic E-state index is 0.358. The Bertz CT molecular complexity index is 721. The second-order valence-corrected chi connectivity index (χ2v) is 7.58. The number of hydrogen-bond donors (Lipinski definition) is 2. The SMILES string of the molecule is CC(Nc1nc(NC(C)C2CC2)nc(-c2cccc(Cl)n2)n1)C1CC1. The summed E-state index contributed by atoms with van der Waals surface area (Å²) in [4.78, 5) is 18.0. The molecule has 0 bridgehead atoms. The number of aromatic nitrogens is 4. The van der Waals surface area contributed by atoms with E-state index in [-0.39, 0.29) is 0 Å². The lowest BCUT2D eigenvalue weighted by molar-refractivity contribution is 0.676. The van der Waals surface area contributed by atoms with Gasteiger partial charge in [0.15, 0.2) is 5.82 Å². The quantitative estimate of drug-likeness (QED) is 0.728. The molecule has 2 aromatic rings. The summed E-state index contributed by atoms with van der Waals surface area (Å²) in [6.45, 7) is 4.36. The van der Waals surface area contributed by atoms with Crippen LogP contribution in [0.25, 0.3) is 11.5 Å². The number of hydrogen-bond acceptors (Lipinski definition) is 6. The summed E-state index contributed by atoms with van der Waals surface area (Å²) in [5.41, 5.74) is 0.652. The summed E-state index contributed by atoms with van der Waals surface area (Å²) in [7, 11) is 0. The summed E-state index contributed by atoms with van der Waals surface area (Å²) < 4.78 is 0. The summed E-state index contributed by atoms with van der Waals surface area (Å²) in [5, 5.41) is 7.28. The van der Waals surface area contributed by atoms with E-state index in [1.165, 1.54) is 25.7 Å². The van der Waals surface area contributed by atoms with Gasteiger partial charge in [0, 0.05) is 12.1 Å². The monoisotopic (exact) mass is 358 g/mol. The van der Waals surface area contributed by atoms with Crippen molar-refractivity contribution in [1.29, 1.82) is 0 Å². The molecule has 2 aliphatic rings. The van der Waals surface area contributed by atoms with Crippen LogP contribution in [-0.2, 0) is 0 Å². The number of rotatable bonds is 7. The van der Waals surface area contributed by atoms with E-state index in [0.29, 0.717) is 52.5 Å². The Balaban J connectivity index is 1.63. The highest BCUT2D eigenvalue weighted by Gasteiger charge is 2.30. The number of pyridine rings is 1. The van der Waals surface area contributed by atoms with Crippen LogP contribution in [0.2, 0.25) is 5.15 Å². The summed E-state index contributed by atoms with van der Waals surface area (Å²) in [6.07, 6.45) is 5.08. The first kappa shape index (κ1) is 16.5. The Morgan fingerprint density at radius 1 is 0.880 bits per heavy atom. The van der Waals surface area contributed by atoms with Crippen LogP contribution < -0.4 is 10.6 Å². The number of nitrogens with zero attached hydrogens (tertiary/aromatic N) is 4. The molecule has 0 radical (unpaired) electrons. The molecule has 2 aromatic heterocycles. The Labute approximate surface area is 152 Å². The first-order valence-electron chi connectivity index (χ1n) is 9.00. The van der Waals surface area contributed by atoms with Gasteiger partial charge in [0.05, 0.1) is 0 Å². The third-order valence-electron chi connectivity index (χ3n) is 4.95. The molecule has 0 spiro atoms. The van der Waals surface area contributed by atoms with E-state index in [0.717, 1.165) is 0 Å². The van der Waals surface area contributed by atoms with Crippen molar-refractivity contribution in [2.45, 2.75) is 51.6 Å². The lowest BCUT2D eigenvalue weighted by Gasteiger charge is -2.16. The maximum Gasteiger partial charge on any atom is 0.228 e. The van der Waals surface area contributed by atoms with E-state index in [9.17, 15) is 0 Å². The minimum Gasteiger partial charge on any atom is -0.351 e. The molecule has 2 fully saturated rings. The molecule has 2 aliphatic carbocycles. The zero-order chi connectivity index (χ0) is 17.4. The molecular formula is C18H23ClN6. The Morgan fingerprint density at radius 3 is 1.92 bits per heavy atom. The lowest BCUT2D eigenvalue weighted by atomic mass is 10.2. The van der Waals surface area contributed by atoms with Gasteiger partial charge in [-0.05, 0) is 63.5 Å². The smallest absolute Gasteiger partial charge is 0.228 e. The molecule has 7 heteroatoms. The van der Waals surface area contributed by atoms with Crippen molar-refractivity contribution in [3.63, 3.8) is 0 Å². The Morgan fingerprint density at radius 2 is 1.44 bits per heavy atom. The predicted octanol–water partition coefficient (Wildman–Crippen LogP) is 4.01.